The Morgan fingerprint density at radius 3 is 2.54 bits per heavy atom. The lowest BCUT2D eigenvalue weighted by atomic mass is 10.1. The standard InChI is InChI=1S/C19H24N2O3/c1-12-8-13(2)10-16(9-12)23-11-17-14(3)24-21-18(17)19(22)20-15-6-4-5-7-15/h8-10,15H,4-7,11H2,1-3H3,(H,20,22). The summed E-state index contributed by atoms with van der Waals surface area (Å²) in [6.45, 7) is 6.14. The highest BCUT2D eigenvalue weighted by Crippen LogP contribution is 2.22. The van der Waals surface area contributed by atoms with Gasteiger partial charge < -0.3 is 14.6 Å². The maximum absolute atomic E-state index is 12.5. The summed E-state index contributed by atoms with van der Waals surface area (Å²) < 4.78 is 11.1. The van der Waals surface area contributed by atoms with Crippen molar-refractivity contribution in [1.29, 1.82) is 0 Å². The lowest BCUT2D eigenvalue weighted by molar-refractivity contribution is 0.0926. The van der Waals surface area contributed by atoms with Crippen LogP contribution in [0, 0.1) is 20.8 Å². The second kappa shape index (κ2) is 7.07. The molecule has 0 aliphatic heterocycles. The summed E-state index contributed by atoms with van der Waals surface area (Å²) in [5.74, 6) is 1.24. The molecule has 0 spiro atoms. The van der Waals surface area contributed by atoms with Gasteiger partial charge in [-0.05, 0) is 56.9 Å². The summed E-state index contributed by atoms with van der Waals surface area (Å²) in [6, 6.07) is 6.31. The Morgan fingerprint density at radius 1 is 1.21 bits per heavy atom. The molecule has 1 aromatic heterocycles. The monoisotopic (exact) mass is 328 g/mol. The number of carbonyl (C=O) groups is 1. The molecule has 0 atom stereocenters. The molecule has 1 aliphatic carbocycles. The van der Waals surface area contributed by atoms with E-state index in [4.69, 9.17) is 9.26 Å². The van der Waals surface area contributed by atoms with Crippen LogP contribution in [0.3, 0.4) is 0 Å². The number of amides is 1. The van der Waals surface area contributed by atoms with E-state index in [-0.39, 0.29) is 18.6 Å². The number of hydrogen-bond donors (Lipinski definition) is 1. The Morgan fingerprint density at radius 2 is 1.88 bits per heavy atom. The number of aromatic nitrogens is 1. The zero-order valence-electron chi connectivity index (χ0n) is 14.5. The Bertz CT molecular complexity index is 710. The number of benzene rings is 1. The number of nitrogens with zero attached hydrogens (tertiary/aromatic N) is 1. The lowest BCUT2D eigenvalue weighted by Gasteiger charge is -2.12. The third kappa shape index (κ3) is 3.78. The largest absolute Gasteiger partial charge is 0.489 e. The van der Waals surface area contributed by atoms with Crippen molar-refractivity contribution in [3.8, 4) is 5.75 Å². The van der Waals surface area contributed by atoms with Gasteiger partial charge in [-0.3, -0.25) is 4.79 Å². The lowest BCUT2D eigenvalue weighted by Crippen LogP contribution is -2.33. The van der Waals surface area contributed by atoms with Gasteiger partial charge in [0.25, 0.3) is 5.91 Å². The van der Waals surface area contributed by atoms with Crippen LogP contribution in [0.4, 0.5) is 0 Å². The second-order valence-electron chi connectivity index (χ2n) is 6.63. The highest BCUT2D eigenvalue weighted by Gasteiger charge is 2.24. The van der Waals surface area contributed by atoms with E-state index in [0.717, 1.165) is 29.7 Å². The molecule has 3 rings (SSSR count). The topological polar surface area (TPSA) is 64.4 Å². The molecule has 1 N–H and O–H groups in total. The van der Waals surface area contributed by atoms with Crippen molar-refractivity contribution in [2.24, 2.45) is 0 Å². The molecule has 128 valence electrons. The molecule has 2 aromatic rings. The molecule has 1 aliphatic rings. The van der Waals surface area contributed by atoms with E-state index in [9.17, 15) is 4.79 Å². The van der Waals surface area contributed by atoms with Gasteiger partial charge in [-0.25, -0.2) is 0 Å². The van der Waals surface area contributed by atoms with Gasteiger partial charge in [0.05, 0.1) is 5.56 Å². The van der Waals surface area contributed by atoms with E-state index in [0.29, 0.717) is 17.0 Å². The fourth-order valence-corrected chi connectivity index (χ4v) is 3.24. The SMILES string of the molecule is Cc1cc(C)cc(OCc2c(C(=O)NC3CCCC3)noc2C)c1. The van der Waals surface area contributed by atoms with Crippen LogP contribution >= 0.6 is 0 Å². The number of carbonyl (C=O) groups excluding carboxylic acids is 1. The average molecular weight is 328 g/mol. The first-order chi connectivity index (χ1) is 11.5. The molecule has 0 radical (unpaired) electrons. The fraction of sp³-hybridized carbons (Fsp3) is 0.474. The Hall–Kier alpha value is -2.30. The maximum Gasteiger partial charge on any atom is 0.274 e. The highest BCUT2D eigenvalue weighted by atomic mass is 16.5. The van der Waals surface area contributed by atoms with Gasteiger partial charge in [0.1, 0.15) is 18.1 Å². The molecule has 24 heavy (non-hydrogen) atoms. The number of ether oxygens (including phenoxy) is 1. The molecule has 5 heteroatoms. The first-order valence-corrected chi connectivity index (χ1v) is 8.50. The molecule has 0 saturated heterocycles. The molecular formula is C19H24N2O3. The van der Waals surface area contributed by atoms with Crippen LogP contribution in [0.5, 0.6) is 5.75 Å². The van der Waals surface area contributed by atoms with Crippen molar-refractivity contribution >= 4 is 5.91 Å². The maximum atomic E-state index is 12.5. The molecular weight excluding hydrogens is 304 g/mol. The van der Waals surface area contributed by atoms with E-state index in [1.807, 2.05) is 26.0 Å². The van der Waals surface area contributed by atoms with Crippen LogP contribution in [0.15, 0.2) is 22.7 Å². The fourth-order valence-electron chi connectivity index (χ4n) is 3.24. The molecule has 1 aromatic carbocycles. The molecule has 1 saturated carbocycles. The van der Waals surface area contributed by atoms with Crippen LogP contribution in [0.1, 0.15) is 58.6 Å². The van der Waals surface area contributed by atoms with Gasteiger partial charge in [0.2, 0.25) is 0 Å². The van der Waals surface area contributed by atoms with E-state index in [2.05, 4.69) is 16.5 Å². The first-order valence-electron chi connectivity index (χ1n) is 8.50. The van der Waals surface area contributed by atoms with Crippen molar-refractivity contribution in [3.05, 3.63) is 46.3 Å². The van der Waals surface area contributed by atoms with Gasteiger partial charge in [0, 0.05) is 6.04 Å². The predicted molar refractivity (Wildman–Crippen MR) is 91.2 cm³/mol. The highest BCUT2D eigenvalue weighted by molar-refractivity contribution is 5.94. The smallest absolute Gasteiger partial charge is 0.274 e. The summed E-state index contributed by atoms with van der Waals surface area (Å²) >= 11 is 0. The Labute approximate surface area is 142 Å². The Balaban J connectivity index is 1.71. The van der Waals surface area contributed by atoms with Gasteiger partial charge >= 0.3 is 0 Å². The zero-order valence-corrected chi connectivity index (χ0v) is 14.5. The summed E-state index contributed by atoms with van der Waals surface area (Å²) in [5, 5.41) is 6.99. The minimum atomic E-state index is -0.169. The van der Waals surface area contributed by atoms with Crippen LogP contribution in [-0.2, 0) is 6.61 Å². The summed E-state index contributed by atoms with van der Waals surface area (Å²) in [7, 11) is 0. The van der Waals surface area contributed by atoms with Gasteiger partial charge in [-0.1, -0.05) is 24.1 Å². The number of aryl methyl sites for hydroxylation is 3. The minimum absolute atomic E-state index is 0.169. The van der Waals surface area contributed by atoms with E-state index < -0.39 is 0 Å². The zero-order chi connectivity index (χ0) is 17.1. The van der Waals surface area contributed by atoms with Gasteiger partial charge in [-0.2, -0.15) is 0 Å². The van der Waals surface area contributed by atoms with E-state index in [1.165, 1.54) is 12.8 Å². The summed E-state index contributed by atoms with van der Waals surface area (Å²) in [4.78, 5) is 12.5. The minimum Gasteiger partial charge on any atom is -0.489 e. The normalized spacial score (nSPS) is 14.8. The second-order valence-corrected chi connectivity index (χ2v) is 6.63. The predicted octanol–water partition coefficient (Wildman–Crippen LogP) is 3.85. The third-order valence-corrected chi connectivity index (χ3v) is 4.47. The van der Waals surface area contributed by atoms with Crippen molar-refractivity contribution < 1.29 is 14.1 Å². The molecule has 1 amide bonds. The van der Waals surface area contributed by atoms with Crippen LogP contribution in [0.25, 0.3) is 0 Å². The molecule has 0 bridgehead atoms. The Kier molecular flexibility index (Phi) is 4.88. The van der Waals surface area contributed by atoms with Crippen LogP contribution in [0.2, 0.25) is 0 Å². The van der Waals surface area contributed by atoms with Crippen molar-refractivity contribution in [2.75, 3.05) is 0 Å². The van der Waals surface area contributed by atoms with Crippen molar-refractivity contribution in [2.45, 2.75) is 59.1 Å². The first kappa shape index (κ1) is 16.6. The summed E-state index contributed by atoms with van der Waals surface area (Å²) in [5.41, 5.74) is 3.34. The molecule has 1 fully saturated rings. The van der Waals surface area contributed by atoms with E-state index in [1.54, 1.807) is 6.92 Å². The number of rotatable bonds is 5. The van der Waals surface area contributed by atoms with Gasteiger partial charge in [-0.15, -0.1) is 0 Å². The number of nitrogens with one attached hydrogen (secondary N) is 1. The summed E-state index contributed by atoms with van der Waals surface area (Å²) in [6.07, 6.45) is 4.42. The van der Waals surface area contributed by atoms with E-state index >= 15 is 0 Å². The molecule has 0 unspecified atom stereocenters. The molecule has 1 heterocycles. The van der Waals surface area contributed by atoms with Crippen LogP contribution in [-0.4, -0.2) is 17.1 Å². The van der Waals surface area contributed by atoms with Crippen molar-refractivity contribution in [1.82, 2.24) is 10.5 Å². The number of hydrogen-bond acceptors (Lipinski definition) is 4. The van der Waals surface area contributed by atoms with Gasteiger partial charge in [0.15, 0.2) is 5.69 Å². The molecule has 5 nitrogen and oxygen atoms in total. The average Bonchev–Trinajstić information content (AvgIpc) is 3.14. The van der Waals surface area contributed by atoms with Crippen LogP contribution < -0.4 is 10.1 Å². The van der Waals surface area contributed by atoms with Crippen molar-refractivity contribution in [3.63, 3.8) is 0 Å². The third-order valence-electron chi connectivity index (χ3n) is 4.47. The quantitative estimate of drug-likeness (QED) is 0.905.